The molecule has 0 aliphatic rings. The van der Waals surface area contributed by atoms with E-state index in [4.69, 9.17) is 16.3 Å². The molecule has 0 aliphatic heterocycles. The second kappa shape index (κ2) is 5.58. The summed E-state index contributed by atoms with van der Waals surface area (Å²) in [5.74, 6) is 0.264. The number of phenols is 1. The largest absolute Gasteiger partial charge is 0.504 e. The fraction of sp³-hybridized carbons (Fsp3) is 0.500. The van der Waals surface area contributed by atoms with Gasteiger partial charge >= 0.3 is 0 Å². The summed E-state index contributed by atoms with van der Waals surface area (Å²) in [6.45, 7) is 3.86. The zero-order valence-corrected chi connectivity index (χ0v) is 11.2. The van der Waals surface area contributed by atoms with Gasteiger partial charge in [-0.15, -0.1) is 0 Å². The normalized spacial score (nSPS) is 12.6. The third kappa shape index (κ3) is 2.49. The fourth-order valence-corrected chi connectivity index (χ4v) is 2.12. The van der Waals surface area contributed by atoms with Crippen LogP contribution in [-0.4, -0.2) is 30.9 Å². The summed E-state index contributed by atoms with van der Waals surface area (Å²) >= 11 is 6.16. The third-order valence-electron chi connectivity index (χ3n) is 2.81. The molecule has 0 heterocycles. The van der Waals surface area contributed by atoms with Gasteiger partial charge in [-0.25, -0.2) is 0 Å². The molecule has 1 unspecified atom stereocenters. The van der Waals surface area contributed by atoms with Crippen molar-refractivity contribution < 1.29 is 14.9 Å². The van der Waals surface area contributed by atoms with Gasteiger partial charge in [0.2, 0.25) is 0 Å². The molecule has 17 heavy (non-hydrogen) atoms. The predicted molar refractivity (Wildman–Crippen MR) is 68.0 cm³/mol. The second-order valence-electron chi connectivity index (χ2n) is 3.93. The van der Waals surface area contributed by atoms with Gasteiger partial charge in [0.05, 0.1) is 18.2 Å². The lowest BCUT2D eigenvalue weighted by Gasteiger charge is -2.20. The van der Waals surface area contributed by atoms with Gasteiger partial charge in [0.15, 0.2) is 11.5 Å². The van der Waals surface area contributed by atoms with Gasteiger partial charge in [0.1, 0.15) is 0 Å². The first-order chi connectivity index (χ1) is 7.95. The third-order valence-corrected chi connectivity index (χ3v) is 3.38. The molecule has 0 aliphatic carbocycles. The molecule has 1 rings (SSSR count). The lowest BCUT2D eigenvalue weighted by atomic mass is 9.98. The SMILES string of the molecule is CNCC(O)c1c(C)c(Cl)c(C)c(OC)c1O. The molecule has 0 spiro atoms. The molecule has 1 atom stereocenters. The van der Waals surface area contributed by atoms with Crippen LogP contribution in [-0.2, 0) is 0 Å². The van der Waals surface area contributed by atoms with Gasteiger partial charge in [-0.3, -0.25) is 0 Å². The molecule has 3 N–H and O–H groups in total. The number of benzene rings is 1. The maximum atomic E-state index is 10.1. The summed E-state index contributed by atoms with van der Waals surface area (Å²) in [5, 5.41) is 23.4. The molecule has 0 aromatic heterocycles. The number of hydrogen-bond acceptors (Lipinski definition) is 4. The molecule has 0 saturated carbocycles. The molecule has 1 aromatic rings. The Hall–Kier alpha value is -0.970. The van der Waals surface area contributed by atoms with Gasteiger partial charge in [-0.05, 0) is 26.5 Å². The van der Waals surface area contributed by atoms with Crippen molar-refractivity contribution in [2.75, 3.05) is 20.7 Å². The quantitative estimate of drug-likeness (QED) is 0.773. The molecule has 1 aromatic carbocycles. The molecule has 0 fully saturated rings. The highest BCUT2D eigenvalue weighted by Crippen LogP contribution is 2.43. The summed E-state index contributed by atoms with van der Waals surface area (Å²) < 4.78 is 5.11. The van der Waals surface area contributed by atoms with E-state index in [0.29, 0.717) is 34.0 Å². The van der Waals surface area contributed by atoms with Crippen molar-refractivity contribution >= 4 is 11.6 Å². The van der Waals surface area contributed by atoms with E-state index in [2.05, 4.69) is 5.32 Å². The van der Waals surface area contributed by atoms with Crippen molar-refractivity contribution in [3.8, 4) is 11.5 Å². The van der Waals surface area contributed by atoms with Crippen molar-refractivity contribution in [3.05, 3.63) is 21.7 Å². The van der Waals surface area contributed by atoms with Gasteiger partial charge in [0, 0.05) is 17.7 Å². The number of rotatable bonds is 4. The number of aliphatic hydroxyl groups excluding tert-OH is 1. The first kappa shape index (κ1) is 14.1. The van der Waals surface area contributed by atoms with E-state index in [9.17, 15) is 10.2 Å². The van der Waals surface area contributed by atoms with E-state index in [1.807, 2.05) is 0 Å². The average molecular weight is 260 g/mol. The number of hydrogen-bond donors (Lipinski definition) is 3. The van der Waals surface area contributed by atoms with Crippen LogP contribution in [0.2, 0.25) is 5.02 Å². The molecule has 0 saturated heterocycles. The molecule has 0 amide bonds. The van der Waals surface area contributed by atoms with Crippen LogP contribution in [0, 0.1) is 13.8 Å². The minimum absolute atomic E-state index is 0.0466. The topological polar surface area (TPSA) is 61.7 Å². The van der Waals surface area contributed by atoms with Crippen LogP contribution in [0.5, 0.6) is 11.5 Å². The Morgan fingerprint density at radius 1 is 1.35 bits per heavy atom. The predicted octanol–water partition coefficient (Wildman–Crippen LogP) is 1.92. The zero-order valence-electron chi connectivity index (χ0n) is 10.5. The Balaban J connectivity index is 3.44. The number of aromatic hydroxyl groups is 1. The smallest absolute Gasteiger partial charge is 0.165 e. The van der Waals surface area contributed by atoms with Crippen LogP contribution in [0.1, 0.15) is 22.8 Å². The Labute approximate surface area is 106 Å². The second-order valence-corrected chi connectivity index (χ2v) is 4.31. The first-order valence-corrected chi connectivity index (χ1v) is 5.71. The number of aliphatic hydroxyl groups is 1. The van der Waals surface area contributed by atoms with Crippen LogP contribution in [0.15, 0.2) is 0 Å². The van der Waals surface area contributed by atoms with Crippen LogP contribution in [0.3, 0.4) is 0 Å². The molecule has 0 bridgehead atoms. The van der Waals surface area contributed by atoms with Crippen molar-refractivity contribution in [3.63, 3.8) is 0 Å². The van der Waals surface area contributed by atoms with Gasteiger partial charge in [0.25, 0.3) is 0 Å². The summed E-state index contributed by atoms with van der Waals surface area (Å²) in [6, 6.07) is 0. The van der Waals surface area contributed by atoms with Crippen LogP contribution in [0.25, 0.3) is 0 Å². The Bertz CT molecular complexity index is 421. The summed E-state index contributed by atoms with van der Waals surface area (Å²) in [7, 11) is 3.19. The van der Waals surface area contributed by atoms with Crippen molar-refractivity contribution in [1.82, 2.24) is 5.32 Å². The first-order valence-electron chi connectivity index (χ1n) is 5.33. The van der Waals surface area contributed by atoms with Gasteiger partial charge in [-0.2, -0.15) is 0 Å². The van der Waals surface area contributed by atoms with Gasteiger partial charge in [-0.1, -0.05) is 11.6 Å². The highest BCUT2D eigenvalue weighted by molar-refractivity contribution is 6.32. The molecular weight excluding hydrogens is 242 g/mol. The van der Waals surface area contributed by atoms with Crippen LogP contribution >= 0.6 is 11.6 Å². The minimum atomic E-state index is -0.827. The van der Waals surface area contributed by atoms with Crippen molar-refractivity contribution in [2.45, 2.75) is 20.0 Å². The summed E-state index contributed by atoms with van der Waals surface area (Å²) in [4.78, 5) is 0. The summed E-state index contributed by atoms with van der Waals surface area (Å²) in [6.07, 6.45) is -0.827. The average Bonchev–Trinajstić information content (AvgIpc) is 2.27. The monoisotopic (exact) mass is 259 g/mol. The fourth-order valence-electron chi connectivity index (χ4n) is 1.93. The number of nitrogens with one attached hydrogen (secondary N) is 1. The molecule has 4 nitrogen and oxygen atoms in total. The lowest BCUT2D eigenvalue weighted by Crippen LogP contribution is -2.18. The Kier molecular flexibility index (Phi) is 4.62. The molecule has 5 heteroatoms. The summed E-state index contributed by atoms with van der Waals surface area (Å²) in [5.41, 5.74) is 1.75. The number of phenolic OH excluding ortho intramolecular Hbond substituents is 1. The zero-order chi connectivity index (χ0) is 13.2. The van der Waals surface area contributed by atoms with E-state index in [-0.39, 0.29) is 5.75 Å². The highest BCUT2D eigenvalue weighted by atomic mass is 35.5. The molecular formula is C12H18ClNO3. The van der Waals surface area contributed by atoms with E-state index in [1.165, 1.54) is 7.11 Å². The van der Waals surface area contributed by atoms with Crippen LogP contribution in [0.4, 0.5) is 0 Å². The lowest BCUT2D eigenvalue weighted by molar-refractivity contribution is 0.172. The number of likely N-dealkylation sites (N-methyl/N-ethyl adjacent to an activating group) is 1. The maximum absolute atomic E-state index is 10.1. The Morgan fingerprint density at radius 2 is 1.94 bits per heavy atom. The van der Waals surface area contributed by atoms with E-state index in [1.54, 1.807) is 20.9 Å². The number of ether oxygens (including phenoxy) is 1. The van der Waals surface area contributed by atoms with E-state index < -0.39 is 6.10 Å². The number of methoxy groups -OCH3 is 1. The standard InChI is InChI=1S/C12H18ClNO3/c1-6-9(8(15)5-14-3)11(16)12(17-4)7(2)10(6)13/h8,14-16H,5H2,1-4H3. The number of halogens is 1. The van der Waals surface area contributed by atoms with E-state index >= 15 is 0 Å². The van der Waals surface area contributed by atoms with Crippen molar-refractivity contribution in [2.24, 2.45) is 0 Å². The van der Waals surface area contributed by atoms with E-state index in [0.717, 1.165) is 0 Å². The van der Waals surface area contributed by atoms with Gasteiger partial charge < -0.3 is 20.3 Å². The minimum Gasteiger partial charge on any atom is -0.504 e. The molecule has 0 radical (unpaired) electrons. The van der Waals surface area contributed by atoms with Crippen LogP contribution < -0.4 is 10.1 Å². The Morgan fingerprint density at radius 3 is 2.41 bits per heavy atom. The maximum Gasteiger partial charge on any atom is 0.165 e. The van der Waals surface area contributed by atoms with Crippen molar-refractivity contribution in [1.29, 1.82) is 0 Å². The highest BCUT2D eigenvalue weighted by Gasteiger charge is 2.23. The molecule has 96 valence electrons.